The van der Waals surface area contributed by atoms with E-state index in [1.54, 1.807) is 0 Å². The zero-order chi connectivity index (χ0) is 9.52. The van der Waals surface area contributed by atoms with Gasteiger partial charge in [0.25, 0.3) is 0 Å². The van der Waals surface area contributed by atoms with Crippen molar-refractivity contribution in [2.45, 2.75) is 6.42 Å². The second-order valence-corrected chi connectivity index (χ2v) is 2.71. The molecule has 0 saturated heterocycles. The van der Waals surface area contributed by atoms with Crippen molar-refractivity contribution < 1.29 is 0 Å². The Hall–Kier alpha value is -1.53. The molecule has 0 bridgehead atoms. The predicted octanol–water partition coefficient (Wildman–Crippen LogP) is 1.54. The van der Waals surface area contributed by atoms with Crippen LogP contribution in [-0.4, -0.2) is 13.6 Å². The van der Waals surface area contributed by atoms with Crippen molar-refractivity contribution in [2.75, 3.05) is 18.6 Å². The van der Waals surface area contributed by atoms with Gasteiger partial charge in [0.2, 0.25) is 0 Å². The first-order chi connectivity index (χ1) is 6.34. The smallest absolute Gasteiger partial charge is 0.0635 e. The second-order valence-electron chi connectivity index (χ2n) is 2.71. The molecule has 3 heteroatoms. The highest BCUT2D eigenvalue weighted by Gasteiger charge is 1.96. The molecule has 13 heavy (non-hydrogen) atoms. The molecule has 0 atom stereocenters. The van der Waals surface area contributed by atoms with E-state index in [-0.39, 0.29) is 0 Å². The van der Waals surface area contributed by atoms with E-state index in [0.717, 1.165) is 5.69 Å². The van der Waals surface area contributed by atoms with Crippen molar-refractivity contribution >= 4 is 5.69 Å². The fraction of sp³-hybridized carbons (Fsp3) is 0.300. The van der Waals surface area contributed by atoms with Crippen LogP contribution in [0.25, 0.3) is 0 Å². The number of nitrogens with zero attached hydrogens (tertiary/aromatic N) is 2. The summed E-state index contributed by atoms with van der Waals surface area (Å²) in [7, 11) is 1.94. The lowest BCUT2D eigenvalue weighted by Crippen LogP contribution is -2.34. The lowest BCUT2D eigenvalue weighted by atomic mass is 10.3. The van der Waals surface area contributed by atoms with Crippen LogP contribution >= 0.6 is 0 Å². The lowest BCUT2D eigenvalue weighted by Gasteiger charge is -2.19. The summed E-state index contributed by atoms with van der Waals surface area (Å²) in [4.78, 5) is 0. The number of anilines is 1. The molecule has 1 aromatic carbocycles. The fourth-order valence-electron chi connectivity index (χ4n) is 1.02. The molecule has 0 aromatic heterocycles. The Kier molecular flexibility index (Phi) is 3.80. The summed E-state index contributed by atoms with van der Waals surface area (Å²) in [5, 5.41) is 10.3. The molecule has 1 aromatic rings. The van der Waals surface area contributed by atoms with E-state index in [9.17, 15) is 0 Å². The van der Waals surface area contributed by atoms with Gasteiger partial charge in [-0.2, -0.15) is 5.26 Å². The summed E-state index contributed by atoms with van der Waals surface area (Å²) in [6.45, 7) is 0.682. The van der Waals surface area contributed by atoms with Crippen LogP contribution in [0, 0.1) is 11.3 Å². The van der Waals surface area contributed by atoms with Crippen molar-refractivity contribution in [1.82, 2.24) is 5.43 Å². The molecule has 0 heterocycles. The molecule has 0 aliphatic rings. The topological polar surface area (TPSA) is 39.1 Å². The van der Waals surface area contributed by atoms with E-state index in [1.165, 1.54) is 0 Å². The highest BCUT2D eigenvalue weighted by molar-refractivity contribution is 5.43. The van der Waals surface area contributed by atoms with E-state index >= 15 is 0 Å². The Morgan fingerprint density at radius 3 is 2.69 bits per heavy atom. The largest absolute Gasteiger partial charge is 0.311 e. The number of benzene rings is 1. The van der Waals surface area contributed by atoms with Gasteiger partial charge in [0.1, 0.15) is 0 Å². The van der Waals surface area contributed by atoms with Crippen LogP contribution in [0.15, 0.2) is 30.3 Å². The standard InChI is InChI=1S/C10H13N3/c1-13(12-9-5-8-11)10-6-3-2-4-7-10/h2-4,6-7,12H,5,9H2,1H3. The minimum Gasteiger partial charge on any atom is -0.311 e. The summed E-state index contributed by atoms with van der Waals surface area (Å²) < 4.78 is 0. The second kappa shape index (κ2) is 5.18. The fourth-order valence-corrected chi connectivity index (χ4v) is 1.02. The molecule has 0 saturated carbocycles. The van der Waals surface area contributed by atoms with Crippen LogP contribution in [0.4, 0.5) is 5.69 Å². The summed E-state index contributed by atoms with van der Waals surface area (Å²) in [5.41, 5.74) is 4.21. The first-order valence-corrected chi connectivity index (χ1v) is 4.24. The van der Waals surface area contributed by atoms with E-state index in [1.807, 2.05) is 42.4 Å². The van der Waals surface area contributed by atoms with E-state index in [2.05, 4.69) is 11.5 Å². The molecular weight excluding hydrogens is 162 g/mol. The van der Waals surface area contributed by atoms with Gasteiger partial charge in [-0.1, -0.05) is 18.2 Å². The molecule has 3 nitrogen and oxygen atoms in total. The molecule has 1 rings (SSSR count). The van der Waals surface area contributed by atoms with Crippen LogP contribution < -0.4 is 10.4 Å². The Labute approximate surface area is 78.6 Å². The van der Waals surface area contributed by atoms with Crippen molar-refractivity contribution in [3.63, 3.8) is 0 Å². The molecule has 0 unspecified atom stereocenters. The van der Waals surface area contributed by atoms with Gasteiger partial charge in [-0.3, -0.25) is 0 Å². The number of rotatable bonds is 4. The summed E-state index contributed by atoms with van der Waals surface area (Å²) >= 11 is 0. The maximum absolute atomic E-state index is 8.34. The molecule has 0 aliphatic heterocycles. The minimum absolute atomic E-state index is 0.525. The van der Waals surface area contributed by atoms with Gasteiger partial charge in [0.05, 0.1) is 11.8 Å². The van der Waals surface area contributed by atoms with Gasteiger partial charge in [-0.05, 0) is 12.1 Å². The Morgan fingerprint density at radius 2 is 2.08 bits per heavy atom. The van der Waals surface area contributed by atoms with E-state index < -0.39 is 0 Å². The van der Waals surface area contributed by atoms with Crippen molar-refractivity contribution in [3.8, 4) is 6.07 Å². The van der Waals surface area contributed by atoms with Gasteiger partial charge in [-0.25, -0.2) is 5.43 Å². The summed E-state index contributed by atoms with van der Waals surface area (Å²) in [6, 6.07) is 12.1. The average molecular weight is 175 g/mol. The zero-order valence-corrected chi connectivity index (χ0v) is 7.70. The average Bonchev–Trinajstić information content (AvgIpc) is 2.19. The molecule has 1 N–H and O–H groups in total. The maximum atomic E-state index is 8.34. The molecule has 0 radical (unpaired) electrons. The summed E-state index contributed by atoms with van der Waals surface area (Å²) in [5.74, 6) is 0. The Morgan fingerprint density at radius 1 is 1.38 bits per heavy atom. The summed E-state index contributed by atoms with van der Waals surface area (Å²) in [6.07, 6.45) is 0.525. The molecule has 0 fully saturated rings. The number of hydrogen-bond donors (Lipinski definition) is 1. The normalized spacial score (nSPS) is 9.23. The third kappa shape index (κ3) is 3.14. The van der Waals surface area contributed by atoms with Crippen LogP contribution in [0.2, 0.25) is 0 Å². The molecule has 0 amide bonds. The molecule has 0 aliphatic carbocycles. The van der Waals surface area contributed by atoms with E-state index in [0.29, 0.717) is 13.0 Å². The van der Waals surface area contributed by atoms with Crippen LogP contribution in [0.5, 0.6) is 0 Å². The monoisotopic (exact) mass is 175 g/mol. The number of para-hydroxylation sites is 1. The minimum atomic E-state index is 0.525. The van der Waals surface area contributed by atoms with Gasteiger partial charge in [0.15, 0.2) is 0 Å². The maximum Gasteiger partial charge on any atom is 0.0635 e. The van der Waals surface area contributed by atoms with Crippen LogP contribution in [0.3, 0.4) is 0 Å². The van der Waals surface area contributed by atoms with Crippen LogP contribution in [0.1, 0.15) is 6.42 Å². The zero-order valence-electron chi connectivity index (χ0n) is 7.70. The van der Waals surface area contributed by atoms with Crippen molar-refractivity contribution in [1.29, 1.82) is 5.26 Å². The SMILES string of the molecule is CN(NCCC#N)c1ccccc1. The third-order valence-corrected chi connectivity index (χ3v) is 1.73. The van der Waals surface area contributed by atoms with Crippen LogP contribution in [-0.2, 0) is 0 Å². The van der Waals surface area contributed by atoms with Gasteiger partial charge >= 0.3 is 0 Å². The highest BCUT2D eigenvalue weighted by atomic mass is 15.5. The lowest BCUT2D eigenvalue weighted by molar-refractivity contribution is 0.684. The number of nitriles is 1. The molecule has 0 spiro atoms. The third-order valence-electron chi connectivity index (χ3n) is 1.73. The van der Waals surface area contributed by atoms with Crippen molar-refractivity contribution in [2.24, 2.45) is 0 Å². The predicted molar refractivity (Wildman–Crippen MR) is 53.1 cm³/mol. The Balaban J connectivity index is 2.41. The van der Waals surface area contributed by atoms with Crippen molar-refractivity contribution in [3.05, 3.63) is 30.3 Å². The number of hydrogen-bond acceptors (Lipinski definition) is 3. The number of nitrogens with one attached hydrogen (secondary N) is 1. The van der Waals surface area contributed by atoms with Gasteiger partial charge in [-0.15, -0.1) is 0 Å². The molecule has 68 valence electrons. The quantitative estimate of drug-likeness (QED) is 0.557. The van der Waals surface area contributed by atoms with Gasteiger partial charge in [0, 0.05) is 20.0 Å². The first kappa shape index (κ1) is 9.56. The number of hydrazine groups is 1. The van der Waals surface area contributed by atoms with Gasteiger partial charge < -0.3 is 5.01 Å². The highest BCUT2D eigenvalue weighted by Crippen LogP contribution is 2.07. The van der Waals surface area contributed by atoms with E-state index in [4.69, 9.17) is 5.26 Å². The Bertz CT molecular complexity index is 276. The first-order valence-electron chi connectivity index (χ1n) is 4.24. The molecular formula is C10H13N3.